The number of carbonyl (C=O) groups excluding carboxylic acids is 2. The molecule has 0 unspecified atom stereocenters. The van der Waals surface area contributed by atoms with Gasteiger partial charge in [-0.15, -0.1) is 0 Å². The van der Waals surface area contributed by atoms with Gasteiger partial charge in [0.2, 0.25) is 0 Å². The summed E-state index contributed by atoms with van der Waals surface area (Å²) in [6.07, 6.45) is 3.57. The van der Waals surface area contributed by atoms with Crippen molar-refractivity contribution in [1.82, 2.24) is 0 Å². The molecule has 0 saturated heterocycles. The van der Waals surface area contributed by atoms with Crippen molar-refractivity contribution in [2.24, 2.45) is 0 Å². The minimum Gasteiger partial charge on any atom is -0.466 e. The van der Waals surface area contributed by atoms with Crippen LogP contribution in [0.2, 0.25) is 0 Å². The number of nitrogen functional groups attached to an aromatic ring is 1. The van der Waals surface area contributed by atoms with Crippen molar-refractivity contribution in [3.05, 3.63) is 35.4 Å². The summed E-state index contributed by atoms with van der Waals surface area (Å²) in [6.45, 7) is 2.12. The maximum atomic E-state index is 11.3. The summed E-state index contributed by atoms with van der Waals surface area (Å²) < 4.78 is 9.39. The van der Waals surface area contributed by atoms with Crippen LogP contribution in [0.1, 0.15) is 29.3 Å². The van der Waals surface area contributed by atoms with E-state index in [1.807, 2.05) is 0 Å². The van der Waals surface area contributed by atoms with E-state index in [9.17, 15) is 9.59 Å². The molecule has 2 N–H and O–H groups in total. The summed E-state index contributed by atoms with van der Waals surface area (Å²) >= 11 is 0. The van der Waals surface area contributed by atoms with Crippen LogP contribution in [0.3, 0.4) is 0 Å². The number of hydrogen-bond donors (Lipinski definition) is 1. The molecule has 19 heavy (non-hydrogen) atoms. The lowest BCUT2D eigenvalue weighted by atomic mass is 10.1. The van der Waals surface area contributed by atoms with Crippen molar-refractivity contribution in [3.8, 4) is 0 Å². The summed E-state index contributed by atoms with van der Waals surface area (Å²) in [5.41, 5.74) is 7.39. The van der Waals surface area contributed by atoms with Gasteiger partial charge in [-0.3, -0.25) is 4.79 Å². The molecule has 0 spiro atoms. The van der Waals surface area contributed by atoms with Gasteiger partial charge in [-0.2, -0.15) is 0 Å². The van der Waals surface area contributed by atoms with Crippen LogP contribution in [-0.2, 0) is 14.3 Å². The van der Waals surface area contributed by atoms with E-state index in [0.717, 1.165) is 5.56 Å². The molecule has 0 amide bonds. The first kappa shape index (κ1) is 14.8. The SMILES string of the molecule is CCOC(=O)CC=Cc1ccc(C(=O)OC)cc1N. The molecule has 0 aromatic heterocycles. The second kappa shape index (κ2) is 7.20. The molecule has 0 saturated carbocycles. The zero-order chi connectivity index (χ0) is 14.3. The second-order valence-electron chi connectivity index (χ2n) is 3.75. The molecule has 5 heteroatoms. The van der Waals surface area contributed by atoms with E-state index < -0.39 is 5.97 Å². The molecule has 5 nitrogen and oxygen atoms in total. The zero-order valence-electron chi connectivity index (χ0n) is 11.0. The van der Waals surface area contributed by atoms with Gasteiger partial charge >= 0.3 is 11.9 Å². The molecule has 0 fully saturated rings. The quantitative estimate of drug-likeness (QED) is 0.649. The van der Waals surface area contributed by atoms with Crippen LogP contribution >= 0.6 is 0 Å². The van der Waals surface area contributed by atoms with Crippen LogP contribution in [0.25, 0.3) is 6.08 Å². The van der Waals surface area contributed by atoms with E-state index in [2.05, 4.69) is 4.74 Å². The number of ether oxygens (including phenoxy) is 2. The van der Waals surface area contributed by atoms with Gasteiger partial charge < -0.3 is 15.2 Å². The minimum atomic E-state index is -0.436. The number of benzene rings is 1. The van der Waals surface area contributed by atoms with Gasteiger partial charge in [-0.25, -0.2) is 4.79 Å². The van der Waals surface area contributed by atoms with E-state index in [1.54, 1.807) is 31.2 Å². The van der Waals surface area contributed by atoms with E-state index in [4.69, 9.17) is 10.5 Å². The summed E-state index contributed by atoms with van der Waals surface area (Å²) in [4.78, 5) is 22.4. The Labute approximate surface area is 112 Å². The summed E-state index contributed by atoms with van der Waals surface area (Å²) in [7, 11) is 1.31. The zero-order valence-corrected chi connectivity index (χ0v) is 11.0. The predicted molar refractivity (Wildman–Crippen MR) is 72.5 cm³/mol. The Hall–Kier alpha value is -2.30. The Morgan fingerprint density at radius 3 is 2.68 bits per heavy atom. The Morgan fingerprint density at radius 1 is 1.37 bits per heavy atom. The monoisotopic (exact) mass is 263 g/mol. The number of rotatable bonds is 5. The largest absolute Gasteiger partial charge is 0.466 e. The molecule has 102 valence electrons. The standard InChI is InChI=1S/C14H17NO4/c1-3-19-13(16)6-4-5-10-7-8-11(9-12(10)15)14(17)18-2/h4-5,7-9H,3,6,15H2,1-2H3. The Bertz CT molecular complexity index is 494. The van der Waals surface area contributed by atoms with Crippen LogP contribution in [0, 0.1) is 0 Å². The number of carbonyl (C=O) groups is 2. The molecule has 0 atom stereocenters. The van der Waals surface area contributed by atoms with Gasteiger partial charge in [-0.05, 0) is 24.6 Å². The lowest BCUT2D eigenvalue weighted by Crippen LogP contribution is -2.03. The van der Waals surface area contributed by atoms with Crippen LogP contribution in [-0.4, -0.2) is 25.7 Å². The lowest BCUT2D eigenvalue weighted by molar-refractivity contribution is -0.142. The van der Waals surface area contributed by atoms with E-state index in [1.165, 1.54) is 13.2 Å². The number of anilines is 1. The van der Waals surface area contributed by atoms with Gasteiger partial charge in [0.1, 0.15) is 0 Å². The number of nitrogens with two attached hydrogens (primary N) is 1. The molecule has 1 aromatic rings. The van der Waals surface area contributed by atoms with Crippen molar-refractivity contribution in [1.29, 1.82) is 0 Å². The summed E-state index contributed by atoms with van der Waals surface area (Å²) in [6, 6.07) is 4.85. The molecule has 1 rings (SSSR count). The molecule has 0 aliphatic heterocycles. The molecule has 0 bridgehead atoms. The molecule has 0 radical (unpaired) electrons. The maximum Gasteiger partial charge on any atom is 0.337 e. The second-order valence-corrected chi connectivity index (χ2v) is 3.75. The molecule has 0 heterocycles. The number of esters is 2. The van der Waals surface area contributed by atoms with Crippen molar-refractivity contribution in [2.45, 2.75) is 13.3 Å². The maximum absolute atomic E-state index is 11.3. The summed E-state index contributed by atoms with van der Waals surface area (Å²) in [5.74, 6) is -0.725. The highest BCUT2D eigenvalue weighted by atomic mass is 16.5. The van der Waals surface area contributed by atoms with Crippen molar-refractivity contribution >= 4 is 23.7 Å². The average molecular weight is 263 g/mol. The molecule has 1 aromatic carbocycles. The van der Waals surface area contributed by atoms with Crippen LogP contribution in [0.4, 0.5) is 5.69 Å². The fourth-order valence-electron chi connectivity index (χ4n) is 1.47. The third kappa shape index (κ3) is 4.46. The first-order chi connectivity index (χ1) is 9.08. The molecular weight excluding hydrogens is 246 g/mol. The van der Waals surface area contributed by atoms with E-state index in [0.29, 0.717) is 17.9 Å². The van der Waals surface area contributed by atoms with Gasteiger partial charge in [-0.1, -0.05) is 18.2 Å². The Balaban J connectivity index is 2.72. The van der Waals surface area contributed by atoms with Crippen LogP contribution < -0.4 is 5.73 Å². The van der Waals surface area contributed by atoms with Crippen LogP contribution in [0.15, 0.2) is 24.3 Å². The Kier molecular flexibility index (Phi) is 5.60. The molecule has 0 aliphatic rings. The third-order valence-corrected chi connectivity index (χ3v) is 2.40. The smallest absolute Gasteiger partial charge is 0.337 e. The molecular formula is C14H17NO4. The predicted octanol–water partition coefficient (Wildman–Crippen LogP) is 2.02. The lowest BCUT2D eigenvalue weighted by Gasteiger charge is -2.04. The fraction of sp³-hybridized carbons (Fsp3) is 0.286. The summed E-state index contributed by atoms with van der Waals surface area (Å²) in [5, 5.41) is 0. The average Bonchev–Trinajstić information content (AvgIpc) is 2.40. The van der Waals surface area contributed by atoms with Crippen LogP contribution in [0.5, 0.6) is 0 Å². The topological polar surface area (TPSA) is 78.6 Å². The van der Waals surface area contributed by atoms with Crippen molar-refractivity contribution in [2.75, 3.05) is 19.5 Å². The van der Waals surface area contributed by atoms with Gasteiger partial charge in [0, 0.05) is 5.69 Å². The minimum absolute atomic E-state index is 0.187. The highest BCUT2D eigenvalue weighted by Crippen LogP contribution is 2.16. The van der Waals surface area contributed by atoms with Gasteiger partial charge in [0.05, 0.1) is 25.7 Å². The molecule has 0 aliphatic carbocycles. The van der Waals surface area contributed by atoms with Gasteiger partial charge in [0.25, 0.3) is 0 Å². The van der Waals surface area contributed by atoms with Gasteiger partial charge in [0.15, 0.2) is 0 Å². The highest BCUT2D eigenvalue weighted by molar-refractivity contribution is 5.91. The fourth-order valence-corrected chi connectivity index (χ4v) is 1.47. The van der Waals surface area contributed by atoms with Crippen molar-refractivity contribution in [3.63, 3.8) is 0 Å². The normalized spacial score (nSPS) is 10.4. The third-order valence-electron chi connectivity index (χ3n) is 2.40. The first-order valence-electron chi connectivity index (χ1n) is 5.88. The highest BCUT2D eigenvalue weighted by Gasteiger charge is 2.06. The van der Waals surface area contributed by atoms with E-state index in [-0.39, 0.29) is 12.4 Å². The van der Waals surface area contributed by atoms with E-state index >= 15 is 0 Å². The Morgan fingerprint density at radius 2 is 2.11 bits per heavy atom. The van der Waals surface area contributed by atoms with Crippen molar-refractivity contribution < 1.29 is 19.1 Å². The number of methoxy groups -OCH3 is 1. The first-order valence-corrected chi connectivity index (χ1v) is 5.88. The number of hydrogen-bond acceptors (Lipinski definition) is 5.